The smallest absolute Gasteiger partial charge is 0.462 e. The molecule has 0 aliphatic heterocycles. The molecule has 98 heavy (non-hydrogen) atoms. The van der Waals surface area contributed by atoms with E-state index in [2.05, 4.69) is 41.5 Å². The Kier molecular flexibility index (Phi) is 69.3. The molecule has 5 atom stereocenters. The first-order valence-corrected chi connectivity index (χ1v) is 44.0. The van der Waals surface area contributed by atoms with Crippen LogP contribution in [0.25, 0.3) is 0 Å². The molecule has 0 spiro atoms. The van der Waals surface area contributed by atoms with Crippen molar-refractivity contribution in [2.45, 2.75) is 432 Å². The number of hydrogen-bond acceptors (Lipinski definition) is 15. The zero-order valence-corrected chi connectivity index (χ0v) is 65.9. The molecule has 0 aliphatic rings. The van der Waals surface area contributed by atoms with Crippen molar-refractivity contribution in [2.24, 2.45) is 11.8 Å². The van der Waals surface area contributed by atoms with Crippen molar-refractivity contribution >= 4 is 39.5 Å². The number of unbranched alkanes of at least 4 members (excludes halogenated alkanes) is 48. The van der Waals surface area contributed by atoms with E-state index in [1.165, 1.54) is 218 Å². The maximum atomic E-state index is 13.1. The number of ether oxygens (including phenoxy) is 4. The molecule has 0 radical (unpaired) electrons. The topological polar surface area (TPSA) is 237 Å². The lowest BCUT2D eigenvalue weighted by atomic mass is 10.0. The molecule has 0 aromatic carbocycles. The monoisotopic (exact) mass is 1440 g/mol. The van der Waals surface area contributed by atoms with E-state index < -0.39 is 97.5 Å². The van der Waals surface area contributed by atoms with Gasteiger partial charge >= 0.3 is 39.5 Å². The van der Waals surface area contributed by atoms with Crippen LogP contribution < -0.4 is 0 Å². The second kappa shape index (κ2) is 70.7. The maximum absolute atomic E-state index is 13.1. The molecule has 0 aliphatic carbocycles. The Bertz CT molecular complexity index is 1890. The van der Waals surface area contributed by atoms with E-state index in [0.29, 0.717) is 25.7 Å². The maximum Gasteiger partial charge on any atom is 0.472 e. The highest BCUT2D eigenvalue weighted by Gasteiger charge is 2.30. The minimum absolute atomic E-state index is 0.107. The molecule has 582 valence electrons. The number of carbonyl (C=O) groups is 4. The van der Waals surface area contributed by atoms with Crippen molar-refractivity contribution < 1.29 is 80.2 Å². The molecule has 2 unspecified atom stereocenters. The van der Waals surface area contributed by atoms with E-state index in [4.69, 9.17) is 37.0 Å². The summed E-state index contributed by atoms with van der Waals surface area (Å²) in [7, 11) is -9.91. The quantitative estimate of drug-likeness (QED) is 0.0222. The molecule has 0 heterocycles. The van der Waals surface area contributed by atoms with Crippen LogP contribution in [0.1, 0.15) is 414 Å². The molecule has 0 saturated carbocycles. The summed E-state index contributed by atoms with van der Waals surface area (Å²) in [5.41, 5.74) is 0. The van der Waals surface area contributed by atoms with Gasteiger partial charge in [0.2, 0.25) is 0 Å². The highest BCUT2D eigenvalue weighted by molar-refractivity contribution is 7.47. The van der Waals surface area contributed by atoms with Gasteiger partial charge in [-0.1, -0.05) is 363 Å². The van der Waals surface area contributed by atoms with E-state index in [-0.39, 0.29) is 25.7 Å². The minimum Gasteiger partial charge on any atom is -0.462 e. The summed E-state index contributed by atoms with van der Waals surface area (Å²) in [6.07, 6.45) is 59.8. The van der Waals surface area contributed by atoms with Crippen molar-refractivity contribution in [3.05, 3.63) is 0 Å². The Morgan fingerprint density at radius 1 is 0.276 bits per heavy atom. The lowest BCUT2D eigenvalue weighted by Crippen LogP contribution is -2.30. The summed E-state index contributed by atoms with van der Waals surface area (Å²) >= 11 is 0. The lowest BCUT2D eigenvalue weighted by Gasteiger charge is -2.21. The summed E-state index contributed by atoms with van der Waals surface area (Å²) in [5, 5.41) is 10.6. The van der Waals surface area contributed by atoms with Gasteiger partial charge in [0.25, 0.3) is 0 Å². The predicted molar refractivity (Wildman–Crippen MR) is 400 cm³/mol. The number of phosphoric ester groups is 2. The standard InChI is InChI=1S/C79H154O17P2/c1-7-9-11-13-15-16-17-26-34-39-45-51-57-63-78(83)95-74(67-89-76(81)61-55-49-41-14-12-10-8-2)69-93-97(85,86)91-65-73(80)66-92-98(87,88)94-70-75(96-79(84)64-58-52-46-40-35-30-25-21-19-23-28-32-37-43-48-54-60-72(5)6)68-90-77(82)62-56-50-44-38-33-29-24-20-18-22-27-31-36-42-47-53-59-71(3)4/h71-75,80H,7-70H2,1-6H3,(H,85,86)(H,87,88)/t73-,74+,75+/m0/s1. The summed E-state index contributed by atoms with van der Waals surface area (Å²) < 4.78 is 68.5. The molecule has 0 rings (SSSR count). The average Bonchev–Trinajstić information content (AvgIpc) is 0.996. The summed E-state index contributed by atoms with van der Waals surface area (Å²) in [4.78, 5) is 72.8. The summed E-state index contributed by atoms with van der Waals surface area (Å²) in [6, 6.07) is 0. The largest absolute Gasteiger partial charge is 0.472 e. The number of carbonyl (C=O) groups excluding carboxylic acids is 4. The molecule has 0 saturated heterocycles. The van der Waals surface area contributed by atoms with Crippen LogP contribution in [-0.4, -0.2) is 96.7 Å². The molecule has 0 fully saturated rings. The Morgan fingerprint density at radius 3 is 0.694 bits per heavy atom. The second-order valence-corrected chi connectivity index (χ2v) is 32.3. The SMILES string of the molecule is CCCCCCCCCCCCCCCC(=O)O[C@H](COC(=O)CCCCCCCCC)COP(=O)(O)OC[C@H](O)COP(=O)(O)OC[C@@H](COC(=O)CCCCCCCCCCCCCCCCCCC(C)C)OC(=O)CCCCCCCCCCCCCCCCCCC(C)C. The number of hydrogen-bond donors (Lipinski definition) is 3. The van der Waals surface area contributed by atoms with Gasteiger partial charge in [-0.15, -0.1) is 0 Å². The zero-order chi connectivity index (χ0) is 72.1. The fourth-order valence-corrected chi connectivity index (χ4v) is 13.8. The first kappa shape index (κ1) is 96.1. The lowest BCUT2D eigenvalue weighted by molar-refractivity contribution is -0.161. The van der Waals surface area contributed by atoms with E-state index in [0.717, 1.165) is 115 Å². The van der Waals surface area contributed by atoms with Crippen LogP contribution in [0.3, 0.4) is 0 Å². The van der Waals surface area contributed by atoms with Gasteiger partial charge in [0.05, 0.1) is 26.4 Å². The third kappa shape index (κ3) is 72.4. The van der Waals surface area contributed by atoms with Gasteiger partial charge in [-0.05, 0) is 37.5 Å². The van der Waals surface area contributed by atoms with Gasteiger partial charge in [0, 0.05) is 25.7 Å². The van der Waals surface area contributed by atoms with Crippen molar-refractivity contribution in [2.75, 3.05) is 39.6 Å². The highest BCUT2D eigenvalue weighted by atomic mass is 31.2. The first-order chi connectivity index (χ1) is 47.4. The number of phosphoric acid groups is 2. The van der Waals surface area contributed by atoms with Crippen LogP contribution in [0, 0.1) is 11.8 Å². The van der Waals surface area contributed by atoms with Crippen LogP contribution in [-0.2, 0) is 65.4 Å². The van der Waals surface area contributed by atoms with Gasteiger partial charge in [-0.2, -0.15) is 0 Å². The molecule has 17 nitrogen and oxygen atoms in total. The predicted octanol–water partition coefficient (Wildman–Crippen LogP) is 23.5. The summed E-state index contributed by atoms with van der Waals surface area (Å²) in [6.45, 7) is 9.64. The van der Waals surface area contributed by atoms with E-state index in [9.17, 15) is 43.2 Å². The third-order valence-electron chi connectivity index (χ3n) is 18.5. The fourth-order valence-electron chi connectivity index (χ4n) is 12.2. The number of rotatable bonds is 78. The Morgan fingerprint density at radius 2 is 0.469 bits per heavy atom. The number of esters is 4. The Balaban J connectivity index is 5.18. The van der Waals surface area contributed by atoms with E-state index >= 15 is 0 Å². The van der Waals surface area contributed by atoms with E-state index in [1.807, 2.05) is 0 Å². The Labute approximate surface area is 600 Å². The van der Waals surface area contributed by atoms with Crippen molar-refractivity contribution in [1.29, 1.82) is 0 Å². The van der Waals surface area contributed by atoms with Crippen molar-refractivity contribution in [3.8, 4) is 0 Å². The molecular formula is C79H154O17P2. The molecule has 0 amide bonds. The number of aliphatic hydroxyl groups excluding tert-OH is 1. The van der Waals surface area contributed by atoms with Crippen LogP contribution in [0.5, 0.6) is 0 Å². The normalized spacial score (nSPS) is 13.9. The molecule has 19 heteroatoms. The summed E-state index contributed by atoms with van der Waals surface area (Å²) in [5.74, 6) is -0.493. The van der Waals surface area contributed by atoms with Gasteiger partial charge in [-0.3, -0.25) is 37.3 Å². The Hall–Kier alpha value is -1.94. The van der Waals surface area contributed by atoms with Gasteiger partial charge in [0.1, 0.15) is 19.3 Å². The highest BCUT2D eigenvalue weighted by Crippen LogP contribution is 2.45. The van der Waals surface area contributed by atoms with Gasteiger partial charge in [-0.25, -0.2) is 9.13 Å². The van der Waals surface area contributed by atoms with Crippen LogP contribution in [0.15, 0.2) is 0 Å². The molecule has 0 bridgehead atoms. The van der Waals surface area contributed by atoms with Crippen LogP contribution >= 0.6 is 15.6 Å². The van der Waals surface area contributed by atoms with Crippen molar-refractivity contribution in [1.82, 2.24) is 0 Å². The minimum atomic E-state index is -4.96. The zero-order valence-electron chi connectivity index (χ0n) is 64.1. The van der Waals surface area contributed by atoms with Gasteiger partial charge in [0.15, 0.2) is 12.2 Å². The van der Waals surface area contributed by atoms with Crippen LogP contribution in [0.2, 0.25) is 0 Å². The third-order valence-corrected chi connectivity index (χ3v) is 20.4. The number of aliphatic hydroxyl groups is 1. The molecule has 0 aromatic rings. The van der Waals surface area contributed by atoms with Gasteiger partial charge < -0.3 is 33.8 Å². The average molecular weight is 1440 g/mol. The van der Waals surface area contributed by atoms with E-state index in [1.54, 1.807) is 0 Å². The molecular weight excluding hydrogens is 1280 g/mol. The molecule has 0 aromatic heterocycles. The fraction of sp³-hybridized carbons (Fsp3) is 0.949. The van der Waals surface area contributed by atoms with Crippen molar-refractivity contribution in [3.63, 3.8) is 0 Å². The molecule has 3 N–H and O–H groups in total. The first-order valence-electron chi connectivity index (χ1n) is 41.0. The second-order valence-electron chi connectivity index (χ2n) is 29.4. The van der Waals surface area contributed by atoms with Crippen LogP contribution in [0.4, 0.5) is 0 Å².